The molecule has 6 nitrogen and oxygen atoms in total. The number of aryl methyl sites for hydroxylation is 2. The maximum absolute atomic E-state index is 12.4. The molecule has 3 rings (SSSR count). The summed E-state index contributed by atoms with van der Waals surface area (Å²) in [5.41, 5.74) is 8.18. The number of rotatable bonds is 6. The Morgan fingerprint density at radius 3 is 2.23 bits per heavy atom. The van der Waals surface area contributed by atoms with E-state index in [0.717, 1.165) is 33.4 Å². The van der Waals surface area contributed by atoms with E-state index in [0.29, 0.717) is 16.8 Å². The van der Waals surface area contributed by atoms with E-state index in [1.165, 1.54) is 0 Å². The second kappa shape index (κ2) is 9.81. The first-order valence-electron chi connectivity index (χ1n) is 9.34. The monoisotopic (exact) mass is 415 g/mol. The van der Waals surface area contributed by atoms with Gasteiger partial charge in [0, 0.05) is 22.7 Å². The fourth-order valence-corrected chi connectivity index (χ4v) is 3.61. The second-order valence-electron chi connectivity index (χ2n) is 6.75. The highest BCUT2D eigenvalue weighted by atomic mass is 32.2. The Labute approximate surface area is 180 Å². The van der Waals surface area contributed by atoms with Gasteiger partial charge in [0.15, 0.2) is 5.16 Å². The number of thioether (sulfide) groups is 1. The van der Waals surface area contributed by atoms with E-state index in [1.54, 1.807) is 55.1 Å². The highest BCUT2D eigenvalue weighted by molar-refractivity contribution is 7.98. The van der Waals surface area contributed by atoms with Gasteiger partial charge in [0.05, 0.1) is 17.3 Å². The number of hydrogen-bond acceptors (Lipinski definition) is 6. The number of nitrogens with one attached hydrogen (secondary N) is 1. The van der Waals surface area contributed by atoms with E-state index in [4.69, 9.17) is 5.26 Å². The summed E-state index contributed by atoms with van der Waals surface area (Å²) < 4.78 is 0. The molecule has 1 heterocycles. The quantitative estimate of drug-likeness (QED) is 0.279. The van der Waals surface area contributed by atoms with Crippen LogP contribution in [0.25, 0.3) is 0 Å². The first-order chi connectivity index (χ1) is 14.4. The maximum Gasteiger partial charge on any atom is 0.271 e. The molecule has 0 saturated heterocycles. The zero-order chi connectivity index (χ0) is 21.5. The van der Waals surface area contributed by atoms with E-state index in [1.807, 2.05) is 32.0 Å². The Balaban J connectivity index is 1.58. The molecule has 30 heavy (non-hydrogen) atoms. The zero-order valence-corrected chi connectivity index (χ0v) is 17.8. The zero-order valence-electron chi connectivity index (χ0n) is 17.0. The predicted octanol–water partition coefficient (Wildman–Crippen LogP) is 4.41. The van der Waals surface area contributed by atoms with Crippen LogP contribution >= 0.6 is 11.8 Å². The highest BCUT2D eigenvalue weighted by Gasteiger charge is 2.07. The molecule has 3 aromatic rings. The largest absolute Gasteiger partial charge is 0.271 e. The number of amides is 1. The lowest BCUT2D eigenvalue weighted by molar-refractivity contribution is 0.0955. The molecule has 7 heteroatoms. The number of nitrogens with zero attached hydrogens (tertiary/aromatic N) is 4. The van der Waals surface area contributed by atoms with Crippen molar-refractivity contribution in [3.8, 4) is 6.07 Å². The molecule has 0 aliphatic rings. The van der Waals surface area contributed by atoms with Gasteiger partial charge in [-0.1, -0.05) is 36.0 Å². The molecule has 0 bridgehead atoms. The van der Waals surface area contributed by atoms with Gasteiger partial charge in [-0.15, -0.1) is 0 Å². The van der Waals surface area contributed by atoms with Crippen LogP contribution in [0.1, 0.15) is 45.4 Å². The molecule has 1 amide bonds. The van der Waals surface area contributed by atoms with Crippen LogP contribution < -0.4 is 5.43 Å². The van der Waals surface area contributed by atoms with Gasteiger partial charge >= 0.3 is 0 Å². The SMILES string of the molecule is C/C(=N\NC(=O)c1ccc(CSc2nc(C)cc(C)n2)cc1)c1ccc(C#N)cc1. The molecular formula is C23H21N5OS. The van der Waals surface area contributed by atoms with Crippen molar-refractivity contribution in [2.45, 2.75) is 31.7 Å². The number of hydrogen-bond donors (Lipinski definition) is 1. The van der Waals surface area contributed by atoms with Gasteiger partial charge in [-0.3, -0.25) is 4.79 Å². The van der Waals surface area contributed by atoms with Gasteiger partial charge in [-0.05, 0) is 62.2 Å². The average molecular weight is 416 g/mol. The summed E-state index contributed by atoms with van der Waals surface area (Å²) in [6.07, 6.45) is 0. The fourth-order valence-electron chi connectivity index (χ4n) is 2.71. The van der Waals surface area contributed by atoms with E-state index in [2.05, 4.69) is 26.6 Å². The smallest absolute Gasteiger partial charge is 0.267 e. The average Bonchev–Trinajstić information content (AvgIpc) is 2.75. The summed E-state index contributed by atoms with van der Waals surface area (Å²) in [5.74, 6) is 0.445. The van der Waals surface area contributed by atoms with E-state index < -0.39 is 0 Å². The Kier molecular flexibility index (Phi) is 6.94. The second-order valence-corrected chi connectivity index (χ2v) is 7.69. The molecule has 150 valence electrons. The Bertz CT molecular complexity index is 1100. The van der Waals surface area contributed by atoms with Gasteiger partial charge in [0.25, 0.3) is 5.91 Å². The third-order valence-corrected chi connectivity index (χ3v) is 5.22. The topological polar surface area (TPSA) is 91.0 Å². The lowest BCUT2D eigenvalue weighted by Gasteiger charge is -2.05. The fraction of sp³-hybridized carbons (Fsp3) is 0.174. The molecule has 0 saturated carbocycles. The minimum Gasteiger partial charge on any atom is -0.267 e. The van der Waals surface area contributed by atoms with Crippen molar-refractivity contribution in [2.24, 2.45) is 5.10 Å². The summed E-state index contributed by atoms with van der Waals surface area (Å²) in [6, 6.07) is 18.5. The minimum atomic E-state index is -0.278. The summed E-state index contributed by atoms with van der Waals surface area (Å²) >= 11 is 1.57. The number of carbonyl (C=O) groups is 1. The van der Waals surface area contributed by atoms with Crippen LogP contribution in [0.2, 0.25) is 0 Å². The molecule has 0 aliphatic carbocycles. The molecule has 0 spiro atoms. The predicted molar refractivity (Wildman–Crippen MR) is 118 cm³/mol. The molecule has 2 aromatic carbocycles. The number of aromatic nitrogens is 2. The Morgan fingerprint density at radius 2 is 1.63 bits per heavy atom. The van der Waals surface area contributed by atoms with Crippen molar-refractivity contribution in [3.63, 3.8) is 0 Å². The van der Waals surface area contributed by atoms with Crippen LogP contribution in [0.3, 0.4) is 0 Å². The Morgan fingerprint density at radius 1 is 1.03 bits per heavy atom. The number of nitriles is 1. The molecular weight excluding hydrogens is 394 g/mol. The standard InChI is InChI=1S/C23H21N5OS/c1-15-12-16(2)26-23(25-15)30-14-19-6-10-21(11-7-19)22(29)28-27-17(3)20-8-4-18(13-24)5-9-20/h4-12H,14H2,1-3H3,(H,28,29)/b27-17+. The van der Waals surface area contributed by atoms with Gasteiger partial charge in [0.1, 0.15) is 0 Å². The number of hydrazone groups is 1. The van der Waals surface area contributed by atoms with Crippen LogP contribution in [-0.2, 0) is 5.75 Å². The van der Waals surface area contributed by atoms with Gasteiger partial charge in [0.2, 0.25) is 0 Å². The minimum absolute atomic E-state index is 0.278. The van der Waals surface area contributed by atoms with E-state index >= 15 is 0 Å². The van der Waals surface area contributed by atoms with Crippen LogP contribution in [0.4, 0.5) is 0 Å². The summed E-state index contributed by atoms with van der Waals surface area (Å²) in [5, 5.41) is 13.8. The van der Waals surface area contributed by atoms with Gasteiger partial charge in [-0.25, -0.2) is 15.4 Å². The van der Waals surface area contributed by atoms with Crippen molar-refractivity contribution < 1.29 is 4.79 Å². The van der Waals surface area contributed by atoms with Gasteiger partial charge < -0.3 is 0 Å². The Hall–Kier alpha value is -3.50. The van der Waals surface area contributed by atoms with Crippen molar-refractivity contribution in [3.05, 3.63) is 88.2 Å². The molecule has 0 aliphatic heterocycles. The first-order valence-corrected chi connectivity index (χ1v) is 10.3. The third kappa shape index (κ3) is 5.75. The maximum atomic E-state index is 12.4. The molecule has 0 unspecified atom stereocenters. The van der Waals surface area contributed by atoms with Crippen molar-refractivity contribution in [1.82, 2.24) is 15.4 Å². The van der Waals surface area contributed by atoms with Crippen LogP contribution in [0.5, 0.6) is 0 Å². The van der Waals surface area contributed by atoms with Crippen molar-refractivity contribution in [1.29, 1.82) is 5.26 Å². The van der Waals surface area contributed by atoms with Crippen molar-refractivity contribution in [2.75, 3.05) is 0 Å². The molecule has 0 atom stereocenters. The number of benzene rings is 2. The normalized spacial score (nSPS) is 11.1. The lowest BCUT2D eigenvalue weighted by Crippen LogP contribution is -2.19. The first kappa shape index (κ1) is 21.2. The van der Waals surface area contributed by atoms with Crippen LogP contribution in [0.15, 0.2) is 64.9 Å². The van der Waals surface area contributed by atoms with Gasteiger partial charge in [-0.2, -0.15) is 10.4 Å². The molecule has 0 radical (unpaired) electrons. The third-order valence-electron chi connectivity index (χ3n) is 4.30. The highest BCUT2D eigenvalue weighted by Crippen LogP contribution is 2.20. The van der Waals surface area contributed by atoms with E-state index in [9.17, 15) is 4.79 Å². The lowest BCUT2D eigenvalue weighted by atomic mass is 10.1. The number of carbonyl (C=O) groups excluding carboxylic acids is 1. The molecule has 1 aromatic heterocycles. The van der Waals surface area contributed by atoms with Crippen LogP contribution in [0, 0.1) is 25.2 Å². The summed E-state index contributed by atoms with van der Waals surface area (Å²) in [4.78, 5) is 21.2. The molecule has 1 N–H and O–H groups in total. The van der Waals surface area contributed by atoms with Crippen molar-refractivity contribution >= 4 is 23.4 Å². The summed E-state index contributed by atoms with van der Waals surface area (Å²) in [6.45, 7) is 5.71. The van der Waals surface area contributed by atoms with Crippen LogP contribution in [-0.4, -0.2) is 21.6 Å². The molecule has 0 fully saturated rings. The summed E-state index contributed by atoms with van der Waals surface area (Å²) in [7, 11) is 0. The van der Waals surface area contributed by atoms with E-state index in [-0.39, 0.29) is 5.91 Å².